The van der Waals surface area contributed by atoms with Gasteiger partial charge in [-0.15, -0.1) is 0 Å². The molecule has 202 valence electrons. The Morgan fingerprint density at radius 2 is 1.72 bits per heavy atom. The van der Waals surface area contributed by atoms with Crippen LogP contribution in [0.1, 0.15) is 46.9 Å². The average molecular weight is 543 g/mol. The molecular formula is C31H34N4O3S. The second-order valence-electron chi connectivity index (χ2n) is 10.0. The summed E-state index contributed by atoms with van der Waals surface area (Å²) in [4.78, 5) is 21.3. The van der Waals surface area contributed by atoms with Crippen LogP contribution >= 0.6 is 0 Å². The van der Waals surface area contributed by atoms with E-state index in [1.807, 2.05) is 49.4 Å². The topological polar surface area (TPSA) is 82.6 Å². The maximum Gasteiger partial charge on any atom is 0.256 e. The number of unbranched alkanes of at least 4 members (excludes halogenated alkanes) is 1. The van der Waals surface area contributed by atoms with Gasteiger partial charge in [0.1, 0.15) is 0 Å². The van der Waals surface area contributed by atoms with E-state index in [9.17, 15) is 13.2 Å². The molecular weight excluding hydrogens is 508 g/mol. The molecule has 1 amide bonds. The van der Waals surface area contributed by atoms with Gasteiger partial charge in [-0.3, -0.25) is 14.7 Å². The Morgan fingerprint density at radius 3 is 2.46 bits per heavy atom. The summed E-state index contributed by atoms with van der Waals surface area (Å²) in [7, 11) is -1.98. The lowest BCUT2D eigenvalue weighted by Gasteiger charge is -2.30. The summed E-state index contributed by atoms with van der Waals surface area (Å²) in [5.41, 5.74) is 5.11. The van der Waals surface area contributed by atoms with E-state index in [2.05, 4.69) is 22.3 Å². The van der Waals surface area contributed by atoms with E-state index < -0.39 is 10.0 Å². The van der Waals surface area contributed by atoms with Crippen molar-refractivity contribution in [2.45, 2.75) is 44.2 Å². The van der Waals surface area contributed by atoms with Crippen LogP contribution < -0.4 is 5.32 Å². The number of fused-ring (bicyclic) bond motifs is 2. The molecule has 0 aliphatic carbocycles. The molecule has 0 atom stereocenters. The Balaban J connectivity index is 1.42. The second-order valence-corrected chi connectivity index (χ2v) is 12.1. The molecule has 0 saturated carbocycles. The van der Waals surface area contributed by atoms with E-state index in [1.165, 1.54) is 9.87 Å². The highest BCUT2D eigenvalue weighted by molar-refractivity contribution is 7.89. The summed E-state index contributed by atoms with van der Waals surface area (Å²) in [6.07, 6.45) is 2.49. The van der Waals surface area contributed by atoms with E-state index in [0.717, 1.165) is 54.5 Å². The molecule has 8 heteroatoms. The van der Waals surface area contributed by atoms with Crippen LogP contribution in [-0.2, 0) is 29.5 Å². The molecule has 4 aromatic rings. The maximum atomic E-state index is 13.8. The number of pyridine rings is 1. The number of nitrogens with one attached hydrogen (secondary N) is 1. The summed E-state index contributed by atoms with van der Waals surface area (Å²) >= 11 is 0. The van der Waals surface area contributed by atoms with Crippen LogP contribution in [0.4, 0.5) is 5.69 Å². The lowest BCUT2D eigenvalue weighted by atomic mass is 9.95. The first-order valence-corrected chi connectivity index (χ1v) is 14.9. The SMILES string of the molecule is CCCCN(C)S(=O)(=O)c1ccc(NC(=O)c2c3c(nc4ccccc24)CCN(Cc2ccccc2)C3)cc1. The molecule has 2 heterocycles. The summed E-state index contributed by atoms with van der Waals surface area (Å²) in [5, 5.41) is 3.83. The maximum absolute atomic E-state index is 13.8. The lowest BCUT2D eigenvalue weighted by Crippen LogP contribution is -2.32. The lowest BCUT2D eigenvalue weighted by molar-refractivity contribution is 0.102. The molecule has 0 spiro atoms. The standard InChI is InChI=1S/C31H34N4O3S/c1-3-4-19-34(2)39(37,38)25-16-14-24(15-17-25)32-31(36)30-26-12-8-9-13-28(26)33-29-18-20-35(22-27(29)30)21-23-10-6-5-7-11-23/h5-17H,3-4,18-22H2,1-2H3,(H,32,36). The molecule has 0 saturated heterocycles. The third kappa shape index (κ3) is 5.88. The zero-order valence-electron chi connectivity index (χ0n) is 22.4. The first kappa shape index (κ1) is 27.0. The van der Waals surface area contributed by atoms with Crippen LogP contribution in [0.15, 0.2) is 83.8 Å². The first-order valence-electron chi connectivity index (χ1n) is 13.4. The van der Waals surface area contributed by atoms with E-state index in [-0.39, 0.29) is 10.8 Å². The van der Waals surface area contributed by atoms with Crippen molar-refractivity contribution in [1.82, 2.24) is 14.2 Å². The number of rotatable bonds is 9. The molecule has 1 aliphatic rings. The highest BCUT2D eigenvalue weighted by Gasteiger charge is 2.26. The first-order chi connectivity index (χ1) is 18.9. The molecule has 0 bridgehead atoms. The van der Waals surface area contributed by atoms with Crippen molar-refractivity contribution in [1.29, 1.82) is 0 Å². The van der Waals surface area contributed by atoms with Gasteiger partial charge in [0.05, 0.1) is 16.0 Å². The molecule has 0 unspecified atom stereocenters. The number of benzene rings is 3. The molecule has 39 heavy (non-hydrogen) atoms. The van der Waals surface area contributed by atoms with E-state index >= 15 is 0 Å². The van der Waals surface area contributed by atoms with Gasteiger partial charge in [-0.05, 0) is 42.3 Å². The van der Waals surface area contributed by atoms with Crippen LogP contribution in [0.5, 0.6) is 0 Å². The van der Waals surface area contributed by atoms with Crippen molar-refractivity contribution in [3.05, 3.63) is 101 Å². The van der Waals surface area contributed by atoms with Crippen LogP contribution in [0.3, 0.4) is 0 Å². The molecule has 1 N–H and O–H groups in total. The number of sulfonamides is 1. The van der Waals surface area contributed by atoms with Gasteiger partial charge >= 0.3 is 0 Å². The number of hydrogen-bond acceptors (Lipinski definition) is 5. The fourth-order valence-electron chi connectivity index (χ4n) is 5.07. The van der Waals surface area contributed by atoms with Crippen molar-refractivity contribution >= 4 is 32.5 Å². The fourth-order valence-corrected chi connectivity index (χ4v) is 6.28. The van der Waals surface area contributed by atoms with Crippen LogP contribution in [0.2, 0.25) is 0 Å². The third-order valence-corrected chi connectivity index (χ3v) is 9.12. The summed E-state index contributed by atoms with van der Waals surface area (Å²) in [5.74, 6) is -0.220. The van der Waals surface area contributed by atoms with Crippen LogP contribution in [0.25, 0.3) is 10.9 Å². The fraction of sp³-hybridized carbons (Fsp3) is 0.290. The predicted octanol–water partition coefficient (Wildman–Crippen LogP) is 5.47. The van der Waals surface area contributed by atoms with Gasteiger partial charge in [-0.25, -0.2) is 12.7 Å². The number of carbonyl (C=O) groups is 1. The molecule has 0 fully saturated rings. The van der Waals surface area contributed by atoms with Crippen molar-refractivity contribution in [2.24, 2.45) is 0 Å². The Labute approximate surface area is 230 Å². The van der Waals surface area contributed by atoms with Gasteiger partial charge in [-0.2, -0.15) is 0 Å². The number of para-hydroxylation sites is 1. The average Bonchev–Trinajstić information content (AvgIpc) is 2.95. The Hall–Kier alpha value is -3.59. The van der Waals surface area contributed by atoms with Crippen molar-refractivity contribution in [3.8, 4) is 0 Å². The number of carbonyl (C=O) groups excluding carboxylic acids is 1. The van der Waals surface area contributed by atoms with Crippen LogP contribution in [0, 0.1) is 0 Å². The monoisotopic (exact) mass is 542 g/mol. The number of hydrogen-bond donors (Lipinski definition) is 1. The quantitative estimate of drug-likeness (QED) is 0.303. The van der Waals surface area contributed by atoms with Gasteiger partial charge in [0.25, 0.3) is 5.91 Å². The summed E-state index contributed by atoms with van der Waals surface area (Å²) < 4.78 is 27.2. The molecule has 0 radical (unpaired) electrons. The smallest absolute Gasteiger partial charge is 0.256 e. The largest absolute Gasteiger partial charge is 0.322 e. The zero-order valence-corrected chi connectivity index (χ0v) is 23.2. The van der Waals surface area contributed by atoms with Crippen LogP contribution in [-0.4, -0.2) is 48.7 Å². The number of anilines is 1. The number of aromatic nitrogens is 1. The minimum atomic E-state index is -3.57. The summed E-state index contributed by atoms with van der Waals surface area (Å²) in [6.45, 7) is 4.81. The van der Waals surface area contributed by atoms with Crippen molar-refractivity contribution < 1.29 is 13.2 Å². The minimum Gasteiger partial charge on any atom is -0.322 e. The van der Waals surface area contributed by atoms with Crippen molar-refractivity contribution in [2.75, 3.05) is 25.5 Å². The molecule has 3 aromatic carbocycles. The van der Waals surface area contributed by atoms with E-state index in [0.29, 0.717) is 24.3 Å². The number of nitrogens with zero attached hydrogens (tertiary/aromatic N) is 3. The van der Waals surface area contributed by atoms with Gasteiger partial charge in [0.2, 0.25) is 10.0 Å². The van der Waals surface area contributed by atoms with Crippen molar-refractivity contribution in [3.63, 3.8) is 0 Å². The Kier molecular flexibility index (Phi) is 8.07. The van der Waals surface area contributed by atoms with Gasteiger partial charge in [0, 0.05) is 62.0 Å². The predicted molar refractivity (Wildman–Crippen MR) is 155 cm³/mol. The van der Waals surface area contributed by atoms with Gasteiger partial charge < -0.3 is 5.32 Å². The highest BCUT2D eigenvalue weighted by atomic mass is 32.2. The Bertz CT molecular complexity index is 1570. The normalized spacial score (nSPS) is 13.9. The number of amides is 1. The van der Waals surface area contributed by atoms with E-state index in [1.54, 1.807) is 31.3 Å². The van der Waals surface area contributed by atoms with Gasteiger partial charge in [0.15, 0.2) is 0 Å². The van der Waals surface area contributed by atoms with Gasteiger partial charge in [-0.1, -0.05) is 61.9 Å². The third-order valence-electron chi connectivity index (χ3n) is 7.25. The zero-order chi connectivity index (χ0) is 27.4. The summed E-state index contributed by atoms with van der Waals surface area (Å²) in [6, 6.07) is 24.5. The Morgan fingerprint density at radius 1 is 1.00 bits per heavy atom. The second kappa shape index (κ2) is 11.7. The highest BCUT2D eigenvalue weighted by Crippen LogP contribution is 2.30. The minimum absolute atomic E-state index is 0.211. The molecule has 1 aliphatic heterocycles. The molecule has 1 aromatic heterocycles. The molecule has 5 rings (SSSR count). The van der Waals surface area contributed by atoms with E-state index in [4.69, 9.17) is 4.98 Å². The molecule has 7 nitrogen and oxygen atoms in total.